The molecular weight excluding hydrogens is 392 g/mol. The van der Waals surface area contributed by atoms with Gasteiger partial charge in [-0.1, -0.05) is 15.9 Å². The van der Waals surface area contributed by atoms with Crippen LogP contribution in [0.5, 0.6) is 0 Å². The van der Waals surface area contributed by atoms with Crippen molar-refractivity contribution in [2.75, 3.05) is 0 Å². The monoisotopic (exact) mass is 402 g/mol. The minimum Gasteiger partial charge on any atom is -0.760 e. The van der Waals surface area contributed by atoms with Crippen molar-refractivity contribution in [1.29, 1.82) is 0 Å². The quantitative estimate of drug-likeness (QED) is 0.615. The van der Waals surface area contributed by atoms with Crippen molar-refractivity contribution in [2.45, 2.75) is 13.0 Å². The average Bonchev–Trinajstić information content (AvgIpc) is 2.48. The fourth-order valence-corrected chi connectivity index (χ4v) is 2.99. The molecule has 0 amide bonds. The number of halogens is 3. The molecule has 0 aromatic heterocycles. The summed E-state index contributed by atoms with van der Waals surface area (Å²) in [7, 11) is 0. The van der Waals surface area contributed by atoms with Gasteiger partial charge in [0, 0.05) is 38.5 Å². The van der Waals surface area contributed by atoms with Gasteiger partial charge in [-0.3, -0.25) is 9.00 Å². The third kappa shape index (κ3) is 4.29. The summed E-state index contributed by atoms with van der Waals surface area (Å²) in [5.74, 6) is -1.67. The van der Waals surface area contributed by atoms with Gasteiger partial charge < -0.3 is 4.55 Å². The Morgan fingerprint density at radius 1 is 1.26 bits per heavy atom. The van der Waals surface area contributed by atoms with Crippen LogP contribution in [0.2, 0.25) is 0 Å². The van der Waals surface area contributed by atoms with E-state index in [9.17, 15) is 22.3 Å². The number of carbonyl (C=O) groups is 1. The highest BCUT2D eigenvalue weighted by atomic mass is 79.9. The molecule has 0 bridgehead atoms. The first kappa shape index (κ1) is 17.9. The molecule has 0 fully saturated rings. The first-order chi connectivity index (χ1) is 10.8. The predicted octanol–water partition coefficient (Wildman–Crippen LogP) is 3.40. The van der Waals surface area contributed by atoms with Gasteiger partial charge in [-0.05, 0) is 43.3 Å². The van der Waals surface area contributed by atoms with E-state index in [1.54, 1.807) is 0 Å². The first-order valence-electron chi connectivity index (χ1n) is 6.44. The summed E-state index contributed by atoms with van der Waals surface area (Å²) in [6.45, 7) is 1.47. The van der Waals surface area contributed by atoms with Crippen molar-refractivity contribution in [3.63, 3.8) is 0 Å². The number of hydrogen-bond donors (Lipinski definition) is 1. The van der Waals surface area contributed by atoms with Crippen LogP contribution >= 0.6 is 15.9 Å². The van der Waals surface area contributed by atoms with E-state index in [1.807, 2.05) is 0 Å². The summed E-state index contributed by atoms with van der Waals surface area (Å²) in [5, 5.41) is 0. The number of rotatable bonds is 5. The molecule has 2 unspecified atom stereocenters. The Morgan fingerprint density at radius 2 is 1.87 bits per heavy atom. The van der Waals surface area contributed by atoms with E-state index in [0.717, 1.165) is 18.2 Å². The van der Waals surface area contributed by atoms with Crippen molar-refractivity contribution in [3.05, 3.63) is 69.2 Å². The lowest BCUT2D eigenvalue weighted by Crippen LogP contribution is -2.22. The lowest BCUT2D eigenvalue weighted by atomic mass is 10.00. The third-order valence-electron chi connectivity index (χ3n) is 3.18. The second kappa shape index (κ2) is 7.39. The van der Waals surface area contributed by atoms with Crippen LogP contribution < -0.4 is 4.72 Å². The van der Waals surface area contributed by atoms with Gasteiger partial charge in [0.15, 0.2) is 5.78 Å². The second-order valence-corrected chi connectivity index (χ2v) is 6.32. The van der Waals surface area contributed by atoms with E-state index in [1.165, 1.54) is 25.1 Å². The highest BCUT2D eigenvalue weighted by Crippen LogP contribution is 2.27. The molecule has 23 heavy (non-hydrogen) atoms. The molecule has 4 nitrogen and oxygen atoms in total. The summed E-state index contributed by atoms with van der Waals surface area (Å²) < 4.78 is 50.8. The molecule has 1 N–H and O–H groups in total. The van der Waals surface area contributed by atoms with E-state index >= 15 is 0 Å². The highest BCUT2D eigenvalue weighted by molar-refractivity contribution is 9.10. The zero-order valence-electron chi connectivity index (χ0n) is 11.8. The molecule has 0 heterocycles. The molecule has 0 radical (unpaired) electrons. The average molecular weight is 403 g/mol. The smallest absolute Gasteiger partial charge is 0.194 e. The summed E-state index contributed by atoms with van der Waals surface area (Å²) in [5.41, 5.74) is 0.371. The fourth-order valence-electron chi connectivity index (χ4n) is 2.03. The lowest BCUT2D eigenvalue weighted by Gasteiger charge is -2.17. The van der Waals surface area contributed by atoms with Gasteiger partial charge >= 0.3 is 0 Å². The Hall–Kier alpha value is -1.48. The molecule has 0 saturated heterocycles. The first-order valence-corrected chi connectivity index (χ1v) is 8.31. The van der Waals surface area contributed by atoms with Gasteiger partial charge in [0.1, 0.15) is 11.6 Å². The van der Waals surface area contributed by atoms with E-state index in [0.29, 0.717) is 4.47 Å². The van der Waals surface area contributed by atoms with Crippen LogP contribution in [0.3, 0.4) is 0 Å². The molecule has 0 saturated carbocycles. The minimum atomic E-state index is -2.54. The molecule has 2 rings (SSSR count). The molecule has 8 heteroatoms. The Balaban J connectivity index is 2.38. The van der Waals surface area contributed by atoms with Crippen molar-refractivity contribution in [3.8, 4) is 0 Å². The maximum Gasteiger partial charge on any atom is 0.194 e. The molecule has 0 aliphatic rings. The number of nitrogens with one attached hydrogen (secondary N) is 1. The van der Waals surface area contributed by atoms with Crippen LogP contribution in [0.15, 0.2) is 40.9 Å². The molecule has 0 aliphatic heterocycles. The standard InChI is InChI=1S/C15H12BrF2NO3S/c1-8(19-23(21)22)11-6-13(16)12(7-14(11)18)15(20)9-2-4-10(17)5-3-9/h2-8,19H,1H3,(H,21,22)/p-1. The third-order valence-corrected chi connectivity index (χ3v) is 4.38. The van der Waals surface area contributed by atoms with Gasteiger partial charge in [0.2, 0.25) is 0 Å². The van der Waals surface area contributed by atoms with E-state index in [4.69, 9.17) is 0 Å². The zero-order chi connectivity index (χ0) is 17.1. The Kier molecular flexibility index (Phi) is 5.74. The summed E-state index contributed by atoms with van der Waals surface area (Å²) in [6, 6.07) is 6.47. The topological polar surface area (TPSA) is 69.2 Å². The molecule has 0 aliphatic carbocycles. The Bertz CT molecular complexity index is 768. The van der Waals surface area contributed by atoms with Gasteiger partial charge in [0.25, 0.3) is 0 Å². The lowest BCUT2D eigenvalue weighted by molar-refractivity contribution is 0.103. The molecule has 2 aromatic rings. The molecule has 122 valence electrons. The Labute approximate surface area is 142 Å². The number of hydrogen-bond acceptors (Lipinski definition) is 3. The number of carbonyl (C=O) groups excluding carboxylic acids is 1. The van der Waals surface area contributed by atoms with E-state index < -0.39 is 34.7 Å². The largest absolute Gasteiger partial charge is 0.760 e. The predicted molar refractivity (Wildman–Crippen MR) is 84.4 cm³/mol. The van der Waals surface area contributed by atoms with Crippen molar-refractivity contribution >= 4 is 33.0 Å². The highest BCUT2D eigenvalue weighted by Gasteiger charge is 2.19. The molecule has 2 atom stereocenters. The fraction of sp³-hybridized carbons (Fsp3) is 0.133. The number of ketones is 1. The summed E-state index contributed by atoms with van der Waals surface area (Å²) in [4.78, 5) is 12.4. The normalized spacial score (nSPS) is 13.6. The van der Waals surface area contributed by atoms with Crippen LogP contribution in [0.4, 0.5) is 8.78 Å². The Morgan fingerprint density at radius 3 is 2.43 bits per heavy atom. The minimum absolute atomic E-state index is 0.0632. The molecule has 2 aromatic carbocycles. The number of benzene rings is 2. The van der Waals surface area contributed by atoms with E-state index in [2.05, 4.69) is 20.7 Å². The SMILES string of the molecule is CC(NS(=O)[O-])c1cc(Br)c(C(=O)c2ccc(F)cc2)cc1F. The van der Waals surface area contributed by atoms with Crippen molar-refractivity contribution < 1.29 is 22.3 Å². The van der Waals surface area contributed by atoms with Gasteiger partial charge in [-0.25, -0.2) is 13.5 Å². The maximum absolute atomic E-state index is 14.2. The maximum atomic E-state index is 14.2. The van der Waals surface area contributed by atoms with Crippen LogP contribution in [-0.2, 0) is 11.3 Å². The van der Waals surface area contributed by atoms with Crippen molar-refractivity contribution in [2.24, 2.45) is 0 Å². The van der Waals surface area contributed by atoms with Crippen LogP contribution in [0, 0.1) is 11.6 Å². The zero-order valence-corrected chi connectivity index (χ0v) is 14.2. The van der Waals surface area contributed by atoms with Gasteiger partial charge in [-0.2, -0.15) is 0 Å². The summed E-state index contributed by atoms with van der Waals surface area (Å²) >= 11 is 0.643. The van der Waals surface area contributed by atoms with Gasteiger partial charge in [0.05, 0.1) is 0 Å². The van der Waals surface area contributed by atoms with Crippen molar-refractivity contribution in [1.82, 2.24) is 4.72 Å². The van der Waals surface area contributed by atoms with Crippen LogP contribution in [-0.4, -0.2) is 14.5 Å². The van der Waals surface area contributed by atoms with E-state index in [-0.39, 0.29) is 16.7 Å². The molecular formula is C15H11BrF2NO3S-. The second-order valence-electron chi connectivity index (χ2n) is 4.76. The molecule has 0 spiro atoms. The van der Waals surface area contributed by atoms with Crippen LogP contribution in [0.25, 0.3) is 0 Å². The van der Waals surface area contributed by atoms with Crippen LogP contribution in [0.1, 0.15) is 34.5 Å². The van der Waals surface area contributed by atoms with Gasteiger partial charge in [-0.15, -0.1) is 0 Å². The summed E-state index contributed by atoms with van der Waals surface area (Å²) in [6.07, 6.45) is 0.